The minimum Gasteiger partial charge on any atom is -0.364 e. The first-order valence-corrected chi connectivity index (χ1v) is 11.5. The summed E-state index contributed by atoms with van der Waals surface area (Å²) < 4.78 is 0. The van der Waals surface area contributed by atoms with Crippen LogP contribution >= 0.6 is 0 Å². The van der Waals surface area contributed by atoms with Crippen LogP contribution in [0.1, 0.15) is 31.4 Å². The predicted molar refractivity (Wildman–Crippen MR) is 129 cm³/mol. The number of para-hydroxylation sites is 2. The summed E-state index contributed by atoms with van der Waals surface area (Å²) in [5.74, 6) is -0.107. The fourth-order valence-corrected chi connectivity index (χ4v) is 6.34. The molecule has 2 saturated heterocycles. The minimum atomic E-state index is -0.596. The molecule has 3 aromatic rings. The number of amides is 2. The van der Waals surface area contributed by atoms with Crippen molar-refractivity contribution in [3.8, 4) is 0 Å². The van der Waals surface area contributed by atoms with Gasteiger partial charge in [0.25, 0.3) is 0 Å². The molecule has 3 N–H and O–H groups in total. The van der Waals surface area contributed by atoms with E-state index in [1.165, 1.54) is 0 Å². The number of piperazine rings is 1. The molecule has 2 amide bonds. The summed E-state index contributed by atoms with van der Waals surface area (Å²) in [7, 11) is 0. The van der Waals surface area contributed by atoms with E-state index in [2.05, 4.69) is 48.2 Å². The number of aromatic amines is 1. The van der Waals surface area contributed by atoms with Crippen LogP contribution in [-0.2, 0) is 21.4 Å². The summed E-state index contributed by atoms with van der Waals surface area (Å²) in [6, 6.07) is 15.1. The first-order chi connectivity index (χ1) is 15.9. The van der Waals surface area contributed by atoms with E-state index in [-0.39, 0.29) is 23.4 Å². The van der Waals surface area contributed by atoms with Crippen molar-refractivity contribution < 1.29 is 9.59 Å². The van der Waals surface area contributed by atoms with E-state index < -0.39 is 17.5 Å². The van der Waals surface area contributed by atoms with Gasteiger partial charge in [0.15, 0.2) is 0 Å². The number of carbonyl (C=O) groups is 2. The molecule has 1 aromatic heterocycles. The predicted octanol–water partition coefficient (Wildman–Crippen LogP) is 3.71. The fourth-order valence-electron chi connectivity index (χ4n) is 6.34. The van der Waals surface area contributed by atoms with Gasteiger partial charge in [-0.1, -0.05) is 56.3 Å². The highest BCUT2D eigenvalue weighted by Gasteiger charge is 2.67. The van der Waals surface area contributed by atoms with Gasteiger partial charge in [-0.05, 0) is 35.1 Å². The van der Waals surface area contributed by atoms with Gasteiger partial charge in [0.2, 0.25) is 11.8 Å². The Hall–Kier alpha value is -3.54. The quantitative estimate of drug-likeness (QED) is 0.542. The number of allylic oxidation sites excluding steroid dienone is 1. The van der Waals surface area contributed by atoms with Gasteiger partial charge in [0.05, 0.1) is 0 Å². The van der Waals surface area contributed by atoms with Crippen molar-refractivity contribution in [2.45, 2.75) is 50.4 Å². The summed E-state index contributed by atoms with van der Waals surface area (Å²) in [6.07, 6.45) is 4.63. The van der Waals surface area contributed by atoms with Gasteiger partial charge in [-0.2, -0.15) is 0 Å². The maximum Gasteiger partial charge on any atom is 0.247 e. The highest BCUT2D eigenvalue weighted by molar-refractivity contribution is 5.99. The Labute approximate surface area is 193 Å². The number of nitrogens with zero attached hydrogens (tertiary/aromatic N) is 1. The van der Waals surface area contributed by atoms with Crippen LogP contribution in [0.15, 0.2) is 67.4 Å². The molecule has 6 nitrogen and oxygen atoms in total. The lowest BCUT2D eigenvalue weighted by Gasteiger charge is -2.44. The molecule has 0 bridgehead atoms. The third-order valence-corrected chi connectivity index (χ3v) is 8.23. The van der Waals surface area contributed by atoms with Crippen molar-refractivity contribution in [2.24, 2.45) is 5.41 Å². The third-order valence-electron chi connectivity index (χ3n) is 8.23. The fraction of sp³-hybridized carbons (Fsp3) is 0.333. The highest BCUT2D eigenvalue weighted by atomic mass is 16.2. The maximum absolute atomic E-state index is 13.9. The number of aromatic nitrogens is 1. The van der Waals surface area contributed by atoms with Gasteiger partial charge < -0.3 is 20.5 Å². The molecule has 0 unspecified atom stereocenters. The lowest BCUT2D eigenvalue weighted by Crippen LogP contribution is -2.64. The van der Waals surface area contributed by atoms with Crippen LogP contribution in [0, 0.1) is 5.41 Å². The zero-order valence-electron chi connectivity index (χ0n) is 18.9. The summed E-state index contributed by atoms with van der Waals surface area (Å²) in [4.78, 5) is 32.4. The van der Waals surface area contributed by atoms with Crippen molar-refractivity contribution in [1.29, 1.82) is 0 Å². The molecule has 6 heteroatoms. The lowest BCUT2D eigenvalue weighted by atomic mass is 9.60. The standard InChI is InChI=1S/C27H28N4O2/c1-4-26(2,3)27-14-22-23(32)29-21(13-16-15-28-19-11-7-5-9-17(16)19)24(33)31(22)25(27)30-20-12-8-6-10-18(20)27/h4-12,15,21-22,25,28,30H,1,13-14H2,2-3H3,(H,29,32)/t21-,22-,25-,27+/m0/s1. The summed E-state index contributed by atoms with van der Waals surface area (Å²) in [5, 5.41) is 7.73. The van der Waals surface area contributed by atoms with Gasteiger partial charge in [0.1, 0.15) is 18.2 Å². The van der Waals surface area contributed by atoms with Gasteiger partial charge in [-0.25, -0.2) is 0 Å². The van der Waals surface area contributed by atoms with E-state index in [0.717, 1.165) is 27.7 Å². The zero-order chi connectivity index (χ0) is 23.0. The molecule has 6 rings (SSSR count). The number of anilines is 1. The van der Waals surface area contributed by atoms with Crippen molar-refractivity contribution in [1.82, 2.24) is 15.2 Å². The molecule has 4 heterocycles. The molecule has 33 heavy (non-hydrogen) atoms. The largest absolute Gasteiger partial charge is 0.364 e. The number of hydrogen-bond donors (Lipinski definition) is 3. The summed E-state index contributed by atoms with van der Waals surface area (Å²) in [5.41, 5.74) is 3.48. The van der Waals surface area contributed by atoms with Crippen molar-refractivity contribution in [2.75, 3.05) is 5.32 Å². The van der Waals surface area contributed by atoms with Crippen LogP contribution in [0.4, 0.5) is 5.69 Å². The second kappa shape index (κ2) is 6.73. The number of benzene rings is 2. The number of rotatable bonds is 4. The average molecular weight is 441 g/mol. The monoisotopic (exact) mass is 440 g/mol. The molecule has 0 saturated carbocycles. The molecule has 0 spiro atoms. The van der Waals surface area contributed by atoms with Crippen LogP contribution in [0.25, 0.3) is 10.9 Å². The van der Waals surface area contributed by atoms with E-state index in [9.17, 15) is 9.59 Å². The second-order valence-electron chi connectivity index (χ2n) is 10.1. The van der Waals surface area contributed by atoms with Crippen molar-refractivity contribution in [3.05, 3.63) is 78.5 Å². The molecule has 2 fully saturated rings. The first-order valence-electron chi connectivity index (χ1n) is 11.5. The first kappa shape index (κ1) is 20.1. The Balaban J connectivity index is 1.41. The topological polar surface area (TPSA) is 77.2 Å². The Morgan fingerprint density at radius 3 is 2.70 bits per heavy atom. The second-order valence-corrected chi connectivity index (χ2v) is 10.1. The molecular formula is C27H28N4O2. The normalized spacial score (nSPS) is 28.2. The van der Waals surface area contributed by atoms with Gasteiger partial charge >= 0.3 is 0 Å². The van der Waals surface area contributed by atoms with E-state index in [1.54, 1.807) is 0 Å². The number of fused-ring (bicyclic) bond motifs is 6. The smallest absolute Gasteiger partial charge is 0.247 e. The number of H-pyrrole nitrogens is 1. The highest BCUT2D eigenvalue weighted by Crippen LogP contribution is 2.60. The van der Waals surface area contributed by atoms with Crippen LogP contribution in [-0.4, -0.2) is 39.9 Å². The number of carbonyl (C=O) groups excluding carboxylic acids is 2. The Morgan fingerprint density at radius 1 is 1.12 bits per heavy atom. The number of hydrogen-bond acceptors (Lipinski definition) is 3. The van der Waals surface area contributed by atoms with E-state index in [4.69, 9.17) is 0 Å². The van der Waals surface area contributed by atoms with Crippen LogP contribution in [0.2, 0.25) is 0 Å². The van der Waals surface area contributed by atoms with Crippen LogP contribution in [0.3, 0.4) is 0 Å². The molecule has 4 atom stereocenters. The molecule has 168 valence electrons. The molecule has 2 aromatic carbocycles. The molecule has 0 aliphatic carbocycles. The SMILES string of the molecule is C=CC(C)(C)[C@@]12C[C@H]3C(=O)N[C@@H](Cc4c[nH]c5ccccc45)C(=O)N3[C@@H]1Nc1ccccc12. The third kappa shape index (κ3) is 2.55. The lowest BCUT2D eigenvalue weighted by molar-refractivity contribution is -0.148. The summed E-state index contributed by atoms with van der Waals surface area (Å²) >= 11 is 0. The van der Waals surface area contributed by atoms with Gasteiger partial charge in [-0.15, -0.1) is 6.58 Å². The van der Waals surface area contributed by atoms with Crippen molar-refractivity contribution >= 4 is 28.4 Å². The van der Waals surface area contributed by atoms with E-state index in [0.29, 0.717) is 12.8 Å². The van der Waals surface area contributed by atoms with Gasteiger partial charge in [0, 0.05) is 34.6 Å². The van der Waals surface area contributed by atoms with Crippen LogP contribution < -0.4 is 10.6 Å². The molecular weight excluding hydrogens is 412 g/mol. The van der Waals surface area contributed by atoms with Crippen molar-refractivity contribution in [3.63, 3.8) is 0 Å². The van der Waals surface area contributed by atoms with Crippen LogP contribution in [0.5, 0.6) is 0 Å². The Kier molecular flexibility index (Phi) is 4.10. The van der Waals surface area contributed by atoms with Gasteiger partial charge in [-0.3, -0.25) is 9.59 Å². The number of nitrogens with one attached hydrogen (secondary N) is 3. The van der Waals surface area contributed by atoms with E-state index >= 15 is 0 Å². The zero-order valence-corrected chi connectivity index (χ0v) is 18.9. The molecule has 3 aliphatic rings. The van der Waals surface area contributed by atoms with E-state index in [1.807, 2.05) is 53.6 Å². The minimum absolute atomic E-state index is 0.0306. The molecule has 0 radical (unpaired) electrons. The summed E-state index contributed by atoms with van der Waals surface area (Å²) in [6.45, 7) is 8.43. The maximum atomic E-state index is 13.9. The molecule has 3 aliphatic heterocycles. The Bertz CT molecular complexity index is 1310. The Morgan fingerprint density at radius 2 is 1.88 bits per heavy atom. The average Bonchev–Trinajstić information content (AvgIpc) is 3.47.